The van der Waals surface area contributed by atoms with Gasteiger partial charge in [-0.05, 0) is 49.0 Å². The second-order valence-electron chi connectivity index (χ2n) is 6.77. The van der Waals surface area contributed by atoms with Gasteiger partial charge in [-0.25, -0.2) is 14.4 Å². The van der Waals surface area contributed by atoms with E-state index in [2.05, 4.69) is 5.32 Å². The minimum absolute atomic E-state index is 0.144. The van der Waals surface area contributed by atoms with Crippen molar-refractivity contribution >= 4 is 29.6 Å². The smallest absolute Gasteiger partial charge is 0.414 e. The Kier molecular flexibility index (Phi) is 12.1. The molecule has 33 heavy (non-hydrogen) atoms. The van der Waals surface area contributed by atoms with Gasteiger partial charge in [-0.3, -0.25) is 0 Å². The Balaban J connectivity index is 0.000000582. The van der Waals surface area contributed by atoms with E-state index < -0.39 is 18.0 Å². The van der Waals surface area contributed by atoms with E-state index in [-0.39, 0.29) is 6.04 Å². The summed E-state index contributed by atoms with van der Waals surface area (Å²) in [6.07, 6.45) is 1.52. The standard InChI is InChI=1S/C19H23ClN2O3.C4H4O4/c1-21-18(12-13-24-16-10-6-15(20)7-11-16)14-4-8-17(9-5-14)25-19(23)22(2)3;5-3(6)1-2-4(7)8/h4-11,18,21H,12-13H2,1-3H3;1-2H,(H,5,6)(H,7,8). The van der Waals surface area contributed by atoms with E-state index in [9.17, 15) is 14.4 Å². The van der Waals surface area contributed by atoms with Crippen LogP contribution in [0.2, 0.25) is 5.02 Å². The number of carbonyl (C=O) groups excluding carboxylic acids is 1. The first kappa shape index (κ1) is 27.5. The number of amides is 1. The van der Waals surface area contributed by atoms with Crippen molar-refractivity contribution in [3.63, 3.8) is 0 Å². The number of halogens is 1. The molecule has 0 radical (unpaired) electrons. The summed E-state index contributed by atoms with van der Waals surface area (Å²) in [5.74, 6) is -1.19. The normalized spacial score (nSPS) is 11.2. The molecule has 9 nitrogen and oxygen atoms in total. The molecule has 0 saturated carbocycles. The van der Waals surface area contributed by atoms with Crippen LogP contribution in [0.4, 0.5) is 4.79 Å². The molecule has 0 aliphatic carbocycles. The first-order chi connectivity index (χ1) is 15.6. The van der Waals surface area contributed by atoms with Crippen LogP contribution in [0.5, 0.6) is 11.5 Å². The van der Waals surface area contributed by atoms with Crippen LogP contribution in [-0.2, 0) is 9.59 Å². The number of aliphatic carboxylic acids is 2. The van der Waals surface area contributed by atoms with Crippen LogP contribution < -0.4 is 14.8 Å². The molecule has 1 atom stereocenters. The summed E-state index contributed by atoms with van der Waals surface area (Å²) in [5, 5.41) is 19.6. The van der Waals surface area contributed by atoms with Gasteiger partial charge in [0, 0.05) is 43.7 Å². The van der Waals surface area contributed by atoms with Gasteiger partial charge in [0.15, 0.2) is 0 Å². The van der Waals surface area contributed by atoms with E-state index in [0.29, 0.717) is 29.5 Å². The number of ether oxygens (including phenoxy) is 2. The number of nitrogens with zero attached hydrogens (tertiary/aromatic N) is 1. The van der Waals surface area contributed by atoms with E-state index in [1.807, 2.05) is 31.3 Å². The number of benzene rings is 2. The largest absolute Gasteiger partial charge is 0.494 e. The van der Waals surface area contributed by atoms with Gasteiger partial charge in [-0.1, -0.05) is 23.7 Å². The number of carbonyl (C=O) groups is 3. The van der Waals surface area contributed by atoms with Crippen LogP contribution in [0, 0.1) is 0 Å². The van der Waals surface area contributed by atoms with Gasteiger partial charge in [0.25, 0.3) is 0 Å². The highest BCUT2D eigenvalue weighted by atomic mass is 35.5. The molecule has 178 valence electrons. The van der Waals surface area contributed by atoms with Gasteiger partial charge in [-0.2, -0.15) is 0 Å². The van der Waals surface area contributed by atoms with Gasteiger partial charge >= 0.3 is 18.0 Å². The second-order valence-corrected chi connectivity index (χ2v) is 7.21. The molecule has 2 aromatic rings. The van der Waals surface area contributed by atoms with Gasteiger partial charge in [0.05, 0.1) is 6.61 Å². The van der Waals surface area contributed by atoms with Gasteiger partial charge in [0.2, 0.25) is 0 Å². The van der Waals surface area contributed by atoms with Crippen molar-refractivity contribution in [1.82, 2.24) is 10.2 Å². The third kappa shape index (κ3) is 11.6. The van der Waals surface area contributed by atoms with E-state index in [4.69, 9.17) is 31.3 Å². The van der Waals surface area contributed by atoms with Crippen LogP contribution in [0.1, 0.15) is 18.0 Å². The summed E-state index contributed by atoms with van der Waals surface area (Å²) in [6.45, 7) is 0.574. The molecule has 0 aliphatic rings. The first-order valence-electron chi connectivity index (χ1n) is 9.81. The van der Waals surface area contributed by atoms with Crippen molar-refractivity contribution in [2.45, 2.75) is 12.5 Å². The summed E-state index contributed by atoms with van der Waals surface area (Å²) in [4.78, 5) is 32.0. The van der Waals surface area contributed by atoms with E-state index in [0.717, 1.165) is 17.7 Å². The van der Waals surface area contributed by atoms with Crippen molar-refractivity contribution < 1.29 is 34.1 Å². The number of carboxylic acids is 2. The third-order valence-electron chi connectivity index (χ3n) is 4.06. The summed E-state index contributed by atoms with van der Waals surface area (Å²) < 4.78 is 11.0. The van der Waals surface area contributed by atoms with Crippen molar-refractivity contribution in [2.75, 3.05) is 27.7 Å². The zero-order valence-corrected chi connectivity index (χ0v) is 19.3. The second kappa shape index (κ2) is 14.5. The Labute approximate surface area is 197 Å². The van der Waals surface area contributed by atoms with Crippen LogP contribution in [-0.4, -0.2) is 60.9 Å². The minimum Gasteiger partial charge on any atom is -0.494 e. The number of nitrogens with one attached hydrogen (secondary N) is 1. The lowest BCUT2D eigenvalue weighted by molar-refractivity contribution is -0.134. The molecule has 0 bridgehead atoms. The number of carboxylic acid groups (broad SMARTS) is 2. The lowest BCUT2D eigenvalue weighted by Crippen LogP contribution is -2.25. The summed E-state index contributed by atoms with van der Waals surface area (Å²) in [5.41, 5.74) is 1.10. The van der Waals surface area contributed by atoms with Crippen molar-refractivity contribution in [1.29, 1.82) is 0 Å². The molecule has 1 unspecified atom stereocenters. The van der Waals surface area contributed by atoms with Crippen molar-refractivity contribution in [2.24, 2.45) is 0 Å². The van der Waals surface area contributed by atoms with Gasteiger partial charge in [0.1, 0.15) is 11.5 Å². The number of rotatable bonds is 9. The van der Waals surface area contributed by atoms with Gasteiger partial charge < -0.3 is 29.9 Å². The third-order valence-corrected chi connectivity index (χ3v) is 4.31. The maximum atomic E-state index is 11.6. The predicted octanol–water partition coefficient (Wildman–Crippen LogP) is 3.84. The molecule has 3 N–H and O–H groups in total. The zero-order chi connectivity index (χ0) is 24.8. The van der Waals surface area contributed by atoms with Crippen LogP contribution in [0.3, 0.4) is 0 Å². The van der Waals surface area contributed by atoms with Crippen molar-refractivity contribution in [3.8, 4) is 11.5 Å². The molecular formula is C23H27ClN2O7. The van der Waals surface area contributed by atoms with E-state index in [1.165, 1.54) is 4.90 Å². The fourth-order valence-electron chi connectivity index (χ4n) is 2.41. The predicted molar refractivity (Wildman–Crippen MR) is 124 cm³/mol. The first-order valence-corrected chi connectivity index (χ1v) is 10.2. The lowest BCUT2D eigenvalue weighted by Gasteiger charge is -2.18. The summed E-state index contributed by atoms with van der Waals surface area (Å²) in [6, 6.07) is 14.9. The lowest BCUT2D eigenvalue weighted by atomic mass is 10.0. The Morgan fingerprint density at radius 1 is 0.970 bits per heavy atom. The van der Waals surface area contributed by atoms with E-state index in [1.54, 1.807) is 38.4 Å². The maximum Gasteiger partial charge on any atom is 0.414 e. The molecule has 0 heterocycles. The Morgan fingerprint density at radius 2 is 1.48 bits per heavy atom. The van der Waals surface area contributed by atoms with Crippen LogP contribution in [0.25, 0.3) is 0 Å². The molecule has 10 heteroatoms. The molecule has 0 saturated heterocycles. The van der Waals surface area contributed by atoms with Crippen LogP contribution >= 0.6 is 11.6 Å². The monoisotopic (exact) mass is 478 g/mol. The quantitative estimate of drug-likeness (QED) is 0.464. The SMILES string of the molecule is CNC(CCOc1ccc(Cl)cc1)c1ccc(OC(=O)N(C)C)cc1.O=C(O)C=CC(=O)O. The number of hydrogen-bond acceptors (Lipinski definition) is 6. The molecule has 2 rings (SSSR count). The highest BCUT2D eigenvalue weighted by Gasteiger charge is 2.11. The molecule has 0 spiro atoms. The van der Waals surface area contributed by atoms with Crippen LogP contribution in [0.15, 0.2) is 60.7 Å². The average Bonchev–Trinajstić information content (AvgIpc) is 2.77. The Bertz CT molecular complexity index is 913. The fraction of sp³-hybridized carbons (Fsp3) is 0.261. The fourth-order valence-corrected chi connectivity index (χ4v) is 2.53. The Hall–Kier alpha value is -3.56. The van der Waals surface area contributed by atoms with E-state index >= 15 is 0 Å². The number of hydrogen-bond donors (Lipinski definition) is 3. The Morgan fingerprint density at radius 3 is 1.94 bits per heavy atom. The average molecular weight is 479 g/mol. The molecular weight excluding hydrogens is 452 g/mol. The highest BCUT2D eigenvalue weighted by molar-refractivity contribution is 6.30. The molecule has 0 fully saturated rings. The molecule has 0 aliphatic heterocycles. The van der Waals surface area contributed by atoms with Gasteiger partial charge in [-0.15, -0.1) is 0 Å². The maximum absolute atomic E-state index is 11.6. The highest BCUT2D eigenvalue weighted by Crippen LogP contribution is 2.22. The topological polar surface area (TPSA) is 125 Å². The molecule has 0 aromatic heterocycles. The molecule has 1 amide bonds. The minimum atomic E-state index is -1.26. The summed E-state index contributed by atoms with van der Waals surface area (Å²) >= 11 is 5.86. The van der Waals surface area contributed by atoms with Crippen molar-refractivity contribution in [3.05, 3.63) is 71.3 Å². The zero-order valence-electron chi connectivity index (χ0n) is 18.5. The summed E-state index contributed by atoms with van der Waals surface area (Å²) in [7, 11) is 5.20. The molecule has 2 aromatic carbocycles.